The maximum absolute atomic E-state index is 13.0. The second-order valence-corrected chi connectivity index (χ2v) is 6.58. The maximum Gasteiger partial charge on any atom is 0.254 e. The van der Waals surface area contributed by atoms with Crippen molar-refractivity contribution in [3.05, 3.63) is 60.2 Å². The maximum atomic E-state index is 13.0. The van der Waals surface area contributed by atoms with Crippen molar-refractivity contribution in [1.29, 1.82) is 0 Å². The number of primary amides is 1. The topological polar surface area (TPSA) is 85.0 Å². The van der Waals surface area contributed by atoms with E-state index in [-0.39, 0.29) is 24.3 Å². The Morgan fingerprint density at radius 2 is 1.78 bits per heavy atom. The van der Waals surface area contributed by atoms with Crippen LogP contribution in [0.15, 0.2) is 59.8 Å². The Morgan fingerprint density at radius 3 is 2.41 bits per heavy atom. The van der Waals surface area contributed by atoms with Gasteiger partial charge < -0.3 is 15.5 Å². The van der Waals surface area contributed by atoms with Crippen molar-refractivity contribution < 1.29 is 14.4 Å². The highest BCUT2D eigenvalue weighted by molar-refractivity contribution is 6.00. The van der Waals surface area contributed by atoms with Crippen LogP contribution in [0.3, 0.4) is 0 Å². The lowest BCUT2D eigenvalue weighted by molar-refractivity contribution is -0.118. The van der Waals surface area contributed by atoms with Gasteiger partial charge >= 0.3 is 0 Å². The summed E-state index contributed by atoms with van der Waals surface area (Å²) in [5, 5.41) is 3.99. The molecule has 0 bridgehead atoms. The summed E-state index contributed by atoms with van der Waals surface area (Å²) < 4.78 is 0. The van der Waals surface area contributed by atoms with E-state index < -0.39 is 0 Å². The number of carbonyl (C=O) groups excluding carboxylic acids is 2. The van der Waals surface area contributed by atoms with E-state index >= 15 is 0 Å². The average molecular weight is 365 g/mol. The van der Waals surface area contributed by atoms with E-state index in [1.165, 1.54) is 7.11 Å². The van der Waals surface area contributed by atoms with E-state index in [0.29, 0.717) is 24.9 Å². The van der Waals surface area contributed by atoms with Crippen molar-refractivity contribution >= 4 is 17.5 Å². The average Bonchev–Trinajstić information content (AvgIpc) is 3.10. The van der Waals surface area contributed by atoms with Crippen molar-refractivity contribution in [3.8, 4) is 11.1 Å². The van der Waals surface area contributed by atoms with Crippen LogP contribution in [0.25, 0.3) is 11.1 Å². The lowest BCUT2D eigenvalue weighted by Crippen LogP contribution is -2.36. The zero-order valence-corrected chi connectivity index (χ0v) is 15.3. The first-order chi connectivity index (χ1) is 13.1. The molecule has 0 spiro atoms. The van der Waals surface area contributed by atoms with E-state index in [4.69, 9.17) is 10.6 Å². The number of hydrogen-bond donors (Lipinski definition) is 1. The van der Waals surface area contributed by atoms with Gasteiger partial charge in [0, 0.05) is 24.4 Å². The van der Waals surface area contributed by atoms with E-state index in [0.717, 1.165) is 16.8 Å². The molecule has 2 aromatic rings. The molecule has 2 aromatic carbocycles. The van der Waals surface area contributed by atoms with Crippen LogP contribution in [0.5, 0.6) is 0 Å². The third-order valence-corrected chi connectivity index (χ3v) is 4.71. The normalized spacial score (nSPS) is 17.9. The van der Waals surface area contributed by atoms with Crippen LogP contribution >= 0.6 is 0 Å². The minimum Gasteiger partial charge on any atom is -0.399 e. The zero-order valence-electron chi connectivity index (χ0n) is 15.3. The number of nitrogens with two attached hydrogens (primary N) is 1. The predicted octanol–water partition coefficient (Wildman–Crippen LogP) is 2.84. The van der Waals surface area contributed by atoms with Crippen LogP contribution in [-0.4, -0.2) is 42.1 Å². The quantitative estimate of drug-likeness (QED) is 0.799. The van der Waals surface area contributed by atoms with Gasteiger partial charge in [0.1, 0.15) is 7.11 Å². The van der Waals surface area contributed by atoms with Gasteiger partial charge in [-0.05, 0) is 29.7 Å². The fourth-order valence-electron chi connectivity index (χ4n) is 3.37. The van der Waals surface area contributed by atoms with E-state index in [1.807, 2.05) is 54.6 Å². The smallest absolute Gasteiger partial charge is 0.254 e. The number of rotatable bonds is 6. The second kappa shape index (κ2) is 8.49. The second-order valence-electron chi connectivity index (χ2n) is 6.58. The van der Waals surface area contributed by atoms with Crippen molar-refractivity contribution in [2.75, 3.05) is 13.7 Å². The first kappa shape index (κ1) is 18.6. The van der Waals surface area contributed by atoms with Crippen molar-refractivity contribution in [3.63, 3.8) is 0 Å². The third kappa shape index (κ3) is 4.53. The Labute approximate surface area is 158 Å². The van der Waals surface area contributed by atoms with Crippen molar-refractivity contribution in [2.24, 2.45) is 10.9 Å². The van der Waals surface area contributed by atoms with Gasteiger partial charge in [0.25, 0.3) is 5.91 Å². The Kier molecular flexibility index (Phi) is 5.86. The summed E-state index contributed by atoms with van der Waals surface area (Å²) in [7, 11) is 1.48. The van der Waals surface area contributed by atoms with E-state index in [1.54, 1.807) is 4.90 Å². The number of benzene rings is 2. The van der Waals surface area contributed by atoms with Gasteiger partial charge in [-0.1, -0.05) is 47.6 Å². The molecule has 140 valence electrons. The Bertz CT molecular complexity index is 832. The first-order valence-electron chi connectivity index (χ1n) is 8.92. The summed E-state index contributed by atoms with van der Waals surface area (Å²) in [6.45, 7) is 0.399. The van der Waals surface area contributed by atoms with Crippen LogP contribution in [0.4, 0.5) is 0 Å². The highest BCUT2D eigenvalue weighted by Gasteiger charge is 2.33. The number of oxime groups is 1. The summed E-state index contributed by atoms with van der Waals surface area (Å²) >= 11 is 0. The number of amides is 2. The molecule has 6 heteroatoms. The van der Waals surface area contributed by atoms with Gasteiger partial charge in [-0.3, -0.25) is 9.59 Å². The summed E-state index contributed by atoms with van der Waals surface area (Å²) in [6, 6.07) is 17.5. The SMILES string of the molecule is CO/N=C1\CC(CCC(N)=O)N(C(=O)c2ccc(-c3ccccc3)cc2)C1. The van der Waals surface area contributed by atoms with Crippen LogP contribution in [0.2, 0.25) is 0 Å². The Balaban J connectivity index is 1.77. The molecule has 6 nitrogen and oxygen atoms in total. The lowest BCUT2D eigenvalue weighted by Gasteiger charge is -2.24. The summed E-state index contributed by atoms with van der Waals surface area (Å²) in [5.41, 5.74) is 8.83. The fraction of sp³-hybridized carbons (Fsp3) is 0.286. The number of carbonyl (C=O) groups is 2. The molecular formula is C21H23N3O3. The Morgan fingerprint density at radius 1 is 1.11 bits per heavy atom. The molecule has 27 heavy (non-hydrogen) atoms. The van der Waals surface area contributed by atoms with Crippen molar-refractivity contribution in [1.82, 2.24) is 4.90 Å². The van der Waals surface area contributed by atoms with Crippen LogP contribution in [-0.2, 0) is 9.63 Å². The summed E-state index contributed by atoms with van der Waals surface area (Å²) in [5.74, 6) is -0.447. The van der Waals surface area contributed by atoms with Crippen LogP contribution in [0.1, 0.15) is 29.6 Å². The molecule has 1 fully saturated rings. The molecule has 2 N–H and O–H groups in total. The number of likely N-dealkylation sites (tertiary alicyclic amines) is 1. The minimum atomic E-state index is -0.369. The van der Waals surface area contributed by atoms with Gasteiger partial charge in [-0.25, -0.2) is 0 Å². The van der Waals surface area contributed by atoms with Gasteiger partial charge in [-0.2, -0.15) is 0 Å². The van der Waals surface area contributed by atoms with Crippen LogP contribution < -0.4 is 5.73 Å². The monoisotopic (exact) mass is 365 g/mol. The van der Waals surface area contributed by atoms with Gasteiger partial charge in [-0.15, -0.1) is 0 Å². The standard InChI is InChI=1S/C21H23N3O3/c1-27-23-18-13-19(11-12-20(22)25)24(14-18)21(26)17-9-7-16(8-10-17)15-5-3-2-4-6-15/h2-10,19H,11-14H2,1H3,(H2,22,25)/b23-18+. The van der Waals surface area contributed by atoms with Gasteiger partial charge in [0.2, 0.25) is 5.91 Å². The molecule has 1 saturated heterocycles. The van der Waals surface area contributed by atoms with Crippen molar-refractivity contribution in [2.45, 2.75) is 25.3 Å². The van der Waals surface area contributed by atoms with E-state index in [9.17, 15) is 9.59 Å². The molecule has 0 aromatic heterocycles. The molecular weight excluding hydrogens is 342 g/mol. The van der Waals surface area contributed by atoms with E-state index in [2.05, 4.69) is 5.16 Å². The molecule has 1 aliphatic rings. The molecule has 0 aliphatic carbocycles. The number of hydrogen-bond acceptors (Lipinski definition) is 4. The molecule has 0 radical (unpaired) electrons. The third-order valence-electron chi connectivity index (χ3n) is 4.71. The van der Waals surface area contributed by atoms with Gasteiger partial charge in [0.15, 0.2) is 0 Å². The number of nitrogens with zero attached hydrogens (tertiary/aromatic N) is 2. The first-order valence-corrected chi connectivity index (χ1v) is 8.92. The summed E-state index contributed by atoms with van der Waals surface area (Å²) in [4.78, 5) is 30.8. The molecule has 1 heterocycles. The predicted molar refractivity (Wildman–Crippen MR) is 104 cm³/mol. The highest BCUT2D eigenvalue weighted by atomic mass is 16.6. The Hall–Kier alpha value is -3.15. The molecule has 3 rings (SSSR count). The van der Waals surface area contributed by atoms with Crippen LogP contribution in [0, 0.1) is 0 Å². The fourth-order valence-corrected chi connectivity index (χ4v) is 3.37. The largest absolute Gasteiger partial charge is 0.399 e. The molecule has 2 amide bonds. The lowest BCUT2D eigenvalue weighted by atomic mass is 10.0. The zero-order chi connectivity index (χ0) is 19.2. The molecule has 1 unspecified atom stereocenters. The van der Waals surface area contributed by atoms with Gasteiger partial charge in [0.05, 0.1) is 12.3 Å². The highest BCUT2D eigenvalue weighted by Crippen LogP contribution is 2.24. The molecule has 0 saturated carbocycles. The molecule has 1 atom stereocenters. The molecule has 1 aliphatic heterocycles. The minimum absolute atomic E-state index is 0.0783. The summed E-state index contributed by atoms with van der Waals surface area (Å²) in [6.07, 6.45) is 1.35.